The molecule has 1 fully saturated rings. The summed E-state index contributed by atoms with van der Waals surface area (Å²) in [6.07, 6.45) is 0.866. The lowest BCUT2D eigenvalue weighted by Gasteiger charge is -2.37. The van der Waals surface area contributed by atoms with Crippen molar-refractivity contribution < 1.29 is 9.90 Å². The number of aliphatic carboxylic acids is 1. The van der Waals surface area contributed by atoms with E-state index in [2.05, 4.69) is 24.1 Å². The number of hydrogen-bond acceptors (Lipinski definition) is 2. The van der Waals surface area contributed by atoms with Gasteiger partial charge in [0.25, 0.3) is 0 Å². The van der Waals surface area contributed by atoms with E-state index in [9.17, 15) is 4.79 Å². The first-order chi connectivity index (χ1) is 7.66. The monoisotopic (exact) mass is 219 g/mol. The first kappa shape index (κ1) is 11.1. The Morgan fingerprint density at radius 1 is 1.44 bits per heavy atom. The zero-order chi connectivity index (χ0) is 11.5. The van der Waals surface area contributed by atoms with Crippen LogP contribution in [0.15, 0.2) is 24.3 Å². The summed E-state index contributed by atoms with van der Waals surface area (Å²) in [5.41, 5.74) is 2.53. The van der Waals surface area contributed by atoms with Crippen molar-refractivity contribution in [2.45, 2.75) is 18.8 Å². The molecule has 0 bridgehead atoms. The number of benzene rings is 1. The molecule has 1 aromatic rings. The Hall–Kier alpha value is -1.35. The van der Waals surface area contributed by atoms with Gasteiger partial charge in [0.15, 0.2) is 0 Å². The molecule has 1 aliphatic rings. The van der Waals surface area contributed by atoms with Gasteiger partial charge in [-0.25, -0.2) is 0 Å². The molecular formula is C13H17NO2. The molecule has 3 nitrogen and oxygen atoms in total. The lowest BCUT2D eigenvalue weighted by molar-refractivity contribution is -0.136. The van der Waals surface area contributed by atoms with Crippen LogP contribution in [0.3, 0.4) is 0 Å². The lowest BCUT2D eigenvalue weighted by atomic mass is 9.87. The molecule has 86 valence electrons. The molecule has 1 heterocycles. The van der Waals surface area contributed by atoms with Gasteiger partial charge in [0, 0.05) is 25.4 Å². The molecule has 0 amide bonds. The number of rotatable bonds is 4. The van der Waals surface area contributed by atoms with Crippen LogP contribution >= 0.6 is 0 Å². The predicted octanol–water partition coefficient (Wildman–Crippen LogP) is 1.73. The number of carbonyl (C=O) groups is 1. The fourth-order valence-corrected chi connectivity index (χ4v) is 2.30. The van der Waals surface area contributed by atoms with Gasteiger partial charge in [-0.3, -0.25) is 4.79 Å². The summed E-state index contributed by atoms with van der Waals surface area (Å²) in [7, 11) is 2.11. The van der Waals surface area contributed by atoms with Crippen molar-refractivity contribution in [3.05, 3.63) is 35.4 Å². The van der Waals surface area contributed by atoms with Crippen LogP contribution in [0.5, 0.6) is 0 Å². The molecular weight excluding hydrogens is 202 g/mol. The molecule has 0 atom stereocenters. The quantitative estimate of drug-likeness (QED) is 0.838. The van der Waals surface area contributed by atoms with Crippen molar-refractivity contribution in [3.8, 4) is 0 Å². The largest absolute Gasteiger partial charge is 0.481 e. The van der Waals surface area contributed by atoms with Crippen molar-refractivity contribution in [1.29, 1.82) is 0 Å². The van der Waals surface area contributed by atoms with Crippen molar-refractivity contribution in [3.63, 3.8) is 0 Å². The molecule has 0 radical (unpaired) electrons. The number of aryl methyl sites for hydroxylation is 1. The van der Waals surface area contributed by atoms with Gasteiger partial charge < -0.3 is 10.0 Å². The van der Waals surface area contributed by atoms with Gasteiger partial charge in [-0.15, -0.1) is 0 Å². The summed E-state index contributed by atoms with van der Waals surface area (Å²) >= 11 is 0. The van der Waals surface area contributed by atoms with Crippen LogP contribution in [-0.2, 0) is 11.2 Å². The van der Waals surface area contributed by atoms with Crippen molar-refractivity contribution >= 4 is 5.97 Å². The molecule has 1 aromatic carbocycles. The van der Waals surface area contributed by atoms with E-state index in [1.807, 2.05) is 12.1 Å². The average molecular weight is 219 g/mol. The third kappa shape index (κ3) is 2.42. The van der Waals surface area contributed by atoms with Crippen molar-refractivity contribution in [2.24, 2.45) is 0 Å². The highest BCUT2D eigenvalue weighted by Gasteiger charge is 2.26. The Kier molecular flexibility index (Phi) is 3.25. The molecule has 0 saturated carbocycles. The van der Waals surface area contributed by atoms with E-state index in [4.69, 9.17) is 5.11 Å². The maximum absolute atomic E-state index is 10.6. The summed E-state index contributed by atoms with van der Waals surface area (Å²) in [5, 5.41) is 8.71. The number of likely N-dealkylation sites (tertiary alicyclic amines) is 1. The van der Waals surface area contributed by atoms with Gasteiger partial charge in [-0.05, 0) is 24.6 Å². The number of likely N-dealkylation sites (N-methyl/N-ethyl adjacent to an activating group) is 1. The van der Waals surface area contributed by atoms with Crippen LogP contribution in [0, 0.1) is 0 Å². The van der Waals surface area contributed by atoms with E-state index in [1.165, 1.54) is 11.1 Å². The Labute approximate surface area is 95.7 Å². The second kappa shape index (κ2) is 4.66. The molecule has 16 heavy (non-hydrogen) atoms. The molecule has 1 saturated heterocycles. The van der Waals surface area contributed by atoms with Crippen molar-refractivity contribution in [2.75, 3.05) is 20.1 Å². The van der Waals surface area contributed by atoms with E-state index < -0.39 is 5.97 Å². The highest BCUT2D eigenvalue weighted by Crippen LogP contribution is 2.28. The molecule has 3 heteroatoms. The minimum absolute atomic E-state index is 0.222. The first-order valence-corrected chi connectivity index (χ1v) is 5.65. The fourth-order valence-electron chi connectivity index (χ4n) is 2.30. The van der Waals surface area contributed by atoms with Crippen molar-refractivity contribution in [1.82, 2.24) is 4.90 Å². The number of nitrogens with zero attached hydrogens (tertiary/aromatic N) is 1. The maximum atomic E-state index is 10.6. The molecule has 0 spiro atoms. The normalized spacial score (nSPS) is 17.1. The third-order valence-corrected chi connectivity index (χ3v) is 3.17. The van der Waals surface area contributed by atoms with Crippen LogP contribution in [0.2, 0.25) is 0 Å². The van der Waals surface area contributed by atoms with E-state index in [-0.39, 0.29) is 6.42 Å². The minimum atomic E-state index is -0.722. The predicted molar refractivity (Wildman–Crippen MR) is 62.6 cm³/mol. The molecule has 2 rings (SSSR count). The van der Waals surface area contributed by atoms with Crippen LogP contribution in [0.4, 0.5) is 0 Å². The second-order valence-electron chi connectivity index (χ2n) is 4.51. The summed E-state index contributed by atoms with van der Waals surface area (Å²) in [6.45, 7) is 2.17. The Morgan fingerprint density at radius 2 is 2.12 bits per heavy atom. The van der Waals surface area contributed by atoms with Gasteiger partial charge in [0.2, 0.25) is 0 Å². The topological polar surface area (TPSA) is 40.5 Å². The summed E-state index contributed by atoms with van der Waals surface area (Å²) < 4.78 is 0. The number of carboxylic acids is 1. The smallest absolute Gasteiger partial charge is 0.303 e. The Morgan fingerprint density at radius 3 is 2.75 bits per heavy atom. The summed E-state index contributed by atoms with van der Waals surface area (Å²) in [5.74, 6) is -0.129. The van der Waals surface area contributed by atoms with Crippen LogP contribution < -0.4 is 0 Å². The summed E-state index contributed by atoms with van der Waals surface area (Å²) in [6, 6.07) is 8.21. The third-order valence-electron chi connectivity index (χ3n) is 3.17. The van der Waals surface area contributed by atoms with Gasteiger partial charge in [0.05, 0.1) is 0 Å². The zero-order valence-corrected chi connectivity index (χ0v) is 9.52. The molecule has 1 N–H and O–H groups in total. The van der Waals surface area contributed by atoms with Gasteiger partial charge in [-0.2, -0.15) is 0 Å². The first-order valence-electron chi connectivity index (χ1n) is 5.65. The lowest BCUT2D eigenvalue weighted by Crippen LogP contribution is -2.42. The SMILES string of the molecule is CN1CC(c2ccccc2CCC(=O)O)C1. The van der Waals surface area contributed by atoms with Gasteiger partial charge in [-0.1, -0.05) is 24.3 Å². The molecule has 1 aliphatic heterocycles. The highest BCUT2D eigenvalue weighted by atomic mass is 16.4. The van der Waals surface area contributed by atoms with Gasteiger partial charge >= 0.3 is 5.97 Å². The Balaban J connectivity index is 2.08. The van der Waals surface area contributed by atoms with Crippen LogP contribution in [0.1, 0.15) is 23.5 Å². The van der Waals surface area contributed by atoms with E-state index >= 15 is 0 Å². The van der Waals surface area contributed by atoms with Crippen LogP contribution in [0.25, 0.3) is 0 Å². The molecule has 0 aliphatic carbocycles. The maximum Gasteiger partial charge on any atom is 0.303 e. The number of hydrogen-bond donors (Lipinski definition) is 1. The second-order valence-corrected chi connectivity index (χ2v) is 4.51. The minimum Gasteiger partial charge on any atom is -0.481 e. The highest BCUT2D eigenvalue weighted by molar-refractivity contribution is 5.67. The average Bonchev–Trinajstić information content (AvgIpc) is 2.22. The summed E-state index contributed by atoms with van der Waals surface area (Å²) in [4.78, 5) is 12.9. The van der Waals surface area contributed by atoms with E-state index in [0.717, 1.165) is 13.1 Å². The molecule has 0 unspecified atom stereocenters. The zero-order valence-electron chi connectivity index (χ0n) is 9.52. The fraction of sp³-hybridized carbons (Fsp3) is 0.462. The van der Waals surface area contributed by atoms with E-state index in [0.29, 0.717) is 12.3 Å². The Bertz CT molecular complexity index is 383. The van der Waals surface area contributed by atoms with E-state index in [1.54, 1.807) is 0 Å². The standard InChI is InChI=1S/C13H17NO2/c1-14-8-11(9-14)12-5-3-2-4-10(12)6-7-13(15)16/h2-5,11H,6-9H2,1H3,(H,15,16). The molecule has 0 aromatic heterocycles. The van der Waals surface area contributed by atoms with Gasteiger partial charge in [0.1, 0.15) is 0 Å². The number of carboxylic acid groups (broad SMARTS) is 1. The van der Waals surface area contributed by atoms with Crippen LogP contribution in [-0.4, -0.2) is 36.1 Å².